The molecule has 0 heterocycles. The minimum atomic E-state index is -1.18. The van der Waals surface area contributed by atoms with Gasteiger partial charge in [0, 0.05) is 0 Å². The molecule has 1 atom stereocenters. The van der Waals surface area contributed by atoms with Gasteiger partial charge in [-0.15, -0.1) is 0 Å². The second-order valence-electron chi connectivity index (χ2n) is 3.25. The van der Waals surface area contributed by atoms with Crippen LogP contribution in [-0.4, -0.2) is 28.8 Å². The highest BCUT2D eigenvalue weighted by molar-refractivity contribution is 5.73. The first-order chi connectivity index (χ1) is 6.18. The lowest BCUT2D eigenvalue weighted by Crippen LogP contribution is -2.33. The lowest BCUT2D eigenvalue weighted by atomic mass is 10.0. The summed E-state index contributed by atoms with van der Waals surface area (Å²) in [5, 5.41) is 15.9. The highest BCUT2D eigenvalue weighted by atomic mass is 16.4. The van der Waals surface area contributed by atoms with Crippen LogP contribution in [0.4, 0.5) is 0 Å². The maximum absolute atomic E-state index is 9.65. The molecule has 0 radical (unpaired) electrons. The minimum Gasteiger partial charge on any atom is -0.480 e. The number of hydrogen-bond acceptors (Lipinski definition) is 3. The van der Waals surface area contributed by atoms with Crippen LogP contribution in [0, 0.1) is 0 Å². The average molecular weight is 189 g/mol. The molecule has 78 valence electrons. The summed E-state index contributed by atoms with van der Waals surface area (Å²) in [5.74, 6) is -1.18. The van der Waals surface area contributed by atoms with Gasteiger partial charge in [0.05, 0.1) is 6.61 Å². The van der Waals surface area contributed by atoms with Crippen molar-refractivity contribution in [3.63, 3.8) is 0 Å². The summed E-state index contributed by atoms with van der Waals surface area (Å²) in [5.41, 5.74) is 4.77. The summed E-state index contributed by atoms with van der Waals surface area (Å²) in [6.07, 6.45) is 9.00. The molecule has 1 aliphatic carbocycles. The van der Waals surface area contributed by atoms with Crippen molar-refractivity contribution in [1.82, 2.24) is 0 Å². The zero-order valence-electron chi connectivity index (χ0n) is 7.91. The Hall–Kier alpha value is -0.610. The minimum absolute atomic E-state index is 0.505. The van der Waals surface area contributed by atoms with Gasteiger partial charge in [-0.1, -0.05) is 38.5 Å². The van der Waals surface area contributed by atoms with E-state index >= 15 is 0 Å². The molecule has 0 aromatic heterocycles. The van der Waals surface area contributed by atoms with E-state index in [-0.39, 0.29) is 0 Å². The van der Waals surface area contributed by atoms with Crippen molar-refractivity contribution in [3.05, 3.63) is 0 Å². The first-order valence-electron chi connectivity index (χ1n) is 4.77. The van der Waals surface area contributed by atoms with Crippen molar-refractivity contribution < 1.29 is 15.0 Å². The predicted molar refractivity (Wildman–Crippen MR) is 50.4 cm³/mol. The Labute approximate surface area is 78.7 Å². The van der Waals surface area contributed by atoms with Crippen LogP contribution in [0.25, 0.3) is 0 Å². The summed E-state index contributed by atoms with van der Waals surface area (Å²) in [6, 6.07) is -1.13. The molecule has 0 spiro atoms. The Morgan fingerprint density at radius 3 is 1.54 bits per heavy atom. The van der Waals surface area contributed by atoms with Crippen molar-refractivity contribution >= 4 is 5.97 Å². The Balaban J connectivity index is 0.000000223. The maximum Gasteiger partial charge on any atom is 0.322 e. The zero-order valence-corrected chi connectivity index (χ0v) is 7.91. The van der Waals surface area contributed by atoms with E-state index in [1.807, 2.05) is 0 Å². The van der Waals surface area contributed by atoms with E-state index in [4.69, 9.17) is 15.9 Å². The molecule has 1 unspecified atom stereocenters. The van der Waals surface area contributed by atoms with E-state index < -0.39 is 18.6 Å². The van der Waals surface area contributed by atoms with Gasteiger partial charge in [0.15, 0.2) is 0 Å². The summed E-state index contributed by atoms with van der Waals surface area (Å²) in [7, 11) is 0. The zero-order chi connectivity index (χ0) is 10.1. The Morgan fingerprint density at radius 2 is 1.46 bits per heavy atom. The highest BCUT2D eigenvalue weighted by Crippen LogP contribution is 2.15. The topological polar surface area (TPSA) is 83.5 Å². The first-order valence-corrected chi connectivity index (χ1v) is 4.77. The van der Waals surface area contributed by atoms with Crippen molar-refractivity contribution in [2.75, 3.05) is 6.61 Å². The van der Waals surface area contributed by atoms with Crippen molar-refractivity contribution in [1.29, 1.82) is 0 Å². The van der Waals surface area contributed by atoms with Gasteiger partial charge >= 0.3 is 5.97 Å². The molecule has 1 aliphatic rings. The van der Waals surface area contributed by atoms with Gasteiger partial charge in [-0.05, 0) is 0 Å². The van der Waals surface area contributed by atoms with Crippen LogP contribution in [0.1, 0.15) is 38.5 Å². The van der Waals surface area contributed by atoms with E-state index in [9.17, 15) is 4.79 Å². The van der Waals surface area contributed by atoms with Gasteiger partial charge in [0.2, 0.25) is 0 Å². The van der Waals surface area contributed by atoms with Gasteiger partial charge in [0.1, 0.15) is 6.04 Å². The van der Waals surface area contributed by atoms with Gasteiger partial charge < -0.3 is 15.9 Å². The molecule has 0 aromatic carbocycles. The van der Waals surface area contributed by atoms with Gasteiger partial charge in [-0.25, -0.2) is 0 Å². The first kappa shape index (κ1) is 12.4. The fourth-order valence-corrected chi connectivity index (χ4v) is 1.14. The molecule has 0 saturated heterocycles. The largest absolute Gasteiger partial charge is 0.480 e. The highest BCUT2D eigenvalue weighted by Gasteiger charge is 2.06. The molecule has 0 bridgehead atoms. The number of carboxylic acids is 1. The molecule has 0 amide bonds. The van der Waals surface area contributed by atoms with E-state index in [1.165, 1.54) is 38.5 Å². The quantitative estimate of drug-likeness (QED) is 0.598. The molecule has 1 rings (SSSR count). The number of carbonyl (C=O) groups is 1. The van der Waals surface area contributed by atoms with E-state index in [0.29, 0.717) is 0 Å². The molecule has 1 saturated carbocycles. The lowest BCUT2D eigenvalue weighted by molar-refractivity contribution is -0.139. The lowest BCUT2D eigenvalue weighted by Gasteiger charge is -2.05. The molecule has 0 aliphatic heterocycles. The standard InChI is InChI=1S/C6H12.C3H7NO3/c1-2-4-6-5-3-1;4-2(1-5)3(6)7/h1-6H2;2,5H,1,4H2,(H,6,7). The van der Waals surface area contributed by atoms with Gasteiger partial charge in [0.25, 0.3) is 0 Å². The fourth-order valence-electron chi connectivity index (χ4n) is 1.14. The van der Waals surface area contributed by atoms with Crippen LogP contribution in [0.2, 0.25) is 0 Å². The summed E-state index contributed by atoms with van der Waals surface area (Å²) >= 11 is 0. The maximum atomic E-state index is 9.65. The third-order valence-electron chi connectivity index (χ3n) is 2.01. The van der Waals surface area contributed by atoms with Crippen molar-refractivity contribution in [2.45, 2.75) is 44.6 Å². The average Bonchev–Trinajstić information content (AvgIpc) is 2.20. The number of aliphatic hydroxyl groups excluding tert-OH is 1. The van der Waals surface area contributed by atoms with Gasteiger partial charge in [-0.2, -0.15) is 0 Å². The van der Waals surface area contributed by atoms with E-state index in [1.54, 1.807) is 0 Å². The molecular formula is C9H19NO3. The summed E-state index contributed by atoms with van der Waals surface area (Å²) in [4.78, 5) is 9.65. The van der Waals surface area contributed by atoms with E-state index in [0.717, 1.165) is 0 Å². The predicted octanol–water partition coefficient (Wildman–Crippen LogP) is 0.731. The Bertz CT molecular complexity index is 123. The Morgan fingerprint density at radius 1 is 1.15 bits per heavy atom. The van der Waals surface area contributed by atoms with Gasteiger partial charge in [-0.3, -0.25) is 4.79 Å². The second-order valence-corrected chi connectivity index (χ2v) is 3.25. The number of carboxylic acid groups (broad SMARTS) is 1. The van der Waals surface area contributed by atoms with Crippen LogP contribution in [0.15, 0.2) is 0 Å². The number of nitrogens with two attached hydrogens (primary N) is 1. The number of aliphatic carboxylic acids is 1. The monoisotopic (exact) mass is 189 g/mol. The molecule has 0 aromatic rings. The second kappa shape index (κ2) is 8.01. The van der Waals surface area contributed by atoms with Crippen LogP contribution < -0.4 is 5.73 Å². The number of hydrogen-bond donors (Lipinski definition) is 3. The van der Waals surface area contributed by atoms with Crippen LogP contribution in [-0.2, 0) is 4.79 Å². The molecule has 4 nitrogen and oxygen atoms in total. The summed E-state index contributed by atoms with van der Waals surface area (Å²) in [6.45, 7) is -0.505. The van der Waals surface area contributed by atoms with Crippen LogP contribution in [0.3, 0.4) is 0 Å². The smallest absolute Gasteiger partial charge is 0.322 e. The fraction of sp³-hybridized carbons (Fsp3) is 0.889. The normalized spacial score (nSPS) is 18.3. The van der Waals surface area contributed by atoms with Crippen molar-refractivity contribution in [2.24, 2.45) is 5.73 Å². The van der Waals surface area contributed by atoms with E-state index in [2.05, 4.69) is 0 Å². The SMILES string of the molecule is C1CCCCC1.NC(CO)C(=O)O. The number of aliphatic hydroxyl groups is 1. The van der Waals surface area contributed by atoms with Crippen LogP contribution in [0.5, 0.6) is 0 Å². The third-order valence-corrected chi connectivity index (χ3v) is 2.01. The third kappa shape index (κ3) is 7.74. The molecule has 1 fully saturated rings. The molecule has 13 heavy (non-hydrogen) atoms. The summed E-state index contributed by atoms with van der Waals surface area (Å²) < 4.78 is 0. The number of rotatable bonds is 2. The molecule has 4 N–H and O–H groups in total. The van der Waals surface area contributed by atoms with Crippen LogP contribution >= 0.6 is 0 Å². The molecular weight excluding hydrogens is 170 g/mol. The Kier molecular flexibility index (Phi) is 7.63. The molecule has 4 heteroatoms. The van der Waals surface area contributed by atoms with Crippen molar-refractivity contribution in [3.8, 4) is 0 Å².